The fourth-order valence-corrected chi connectivity index (χ4v) is 4.97. The number of carbonyl (C=O) groups is 1. The molecule has 7 nitrogen and oxygen atoms in total. The lowest BCUT2D eigenvalue weighted by Gasteiger charge is -2.45. The fourth-order valence-electron chi connectivity index (χ4n) is 4.97. The molecule has 2 unspecified atom stereocenters. The van der Waals surface area contributed by atoms with Gasteiger partial charge in [-0.15, -0.1) is 17.5 Å². The molecule has 0 spiro atoms. The topological polar surface area (TPSA) is 95.1 Å². The molecule has 30 heavy (non-hydrogen) atoms. The van der Waals surface area contributed by atoms with Gasteiger partial charge in [0.2, 0.25) is 0 Å². The van der Waals surface area contributed by atoms with Crippen molar-refractivity contribution in [3.8, 4) is 11.4 Å². The van der Waals surface area contributed by atoms with Gasteiger partial charge in [-0.3, -0.25) is 4.79 Å². The van der Waals surface area contributed by atoms with Crippen LogP contribution in [0, 0.1) is 18.8 Å². The van der Waals surface area contributed by atoms with Gasteiger partial charge in [0.25, 0.3) is 5.91 Å². The number of fused-ring (bicyclic) bond motifs is 2. The predicted molar refractivity (Wildman–Crippen MR) is 118 cm³/mol. The van der Waals surface area contributed by atoms with Gasteiger partial charge in [-0.25, -0.2) is 4.68 Å². The lowest BCUT2D eigenvalue weighted by atomic mass is 9.67. The van der Waals surface area contributed by atoms with Crippen molar-refractivity contribution in [1.82, 2.24) is 20.3 Å². The summed E-state index contributed by atoms with van der Waals surface area (Å²) >= 11 is 0. The van der Waals surface area contributed by atoms with Crippen LogP contribution in [-0.4, -0.2) is 39.1 Å². The third kappa shape index (κ3) is 4.62. The third-order valence-corrected chi connectivity index (χ3v) is 6.24. The molecule has 164 valence electrons. The summed E-state index contributed by atoms with van der Waals surface area (Å²) in [5.41, 5.74) is 8.19. The first-order valence-electron chi connectivity index (χ1n) is 10.7. The lowest BCUT2D eigenvalue weighted by molar-refractivity contribution is 0.0751. The van der Waals surface area contributed by atoms with Crippen LogP contribution in [0.1, 0.15) is 62.1 Å². The zero-order valence-corrected chi connectivity index (χ0v) is 18.7. The summed E-state index contributed by atoms with van der Waals surface area (Å²) in [6.07, 6.45) is 5.64. The van der Waals surface area contributed by atoms with E-state index < -0.39 is 0 Å². The molecule has 2 aromatic rings. The van der Waals surface area contributed by atoms with E-state index in [-0.39, 0.29) is 36.5 Å². The number of nitrogens with two attached hydrogens (primary N) is 1. The Hall–Kier alpha value is -2.12. The fraction of sp³-hybridized carbons (Fsp3) is 0.591. The van der Waals surface area contributed by atoms with Crippen LogP contribution in [0.5, 0.6) is 5.75 Å². The van der Waals surface area contributed by atoms with E-state index >= 15 is 0 Å². The average molecular weight is 434 g/mol. The highest BCUT2D eigenvalue weighted by Gasteiger charge is 2.40. The second-order valence-corrected chi connectivity index (χ2v) is 8.78. The smallest absolute Gasteiger partial charge is 0.274 e. The minimum Gasteiger partial charge on any atom is -0.491 e. The van der Waals surface area contributed by atoms with Crippen molar-refractivity contribution in [2.24, 2.45) is 17.6 Å². The van der Waals surface area contributed by atoms with Crippen LogP contribution >= 0.6 is 12.4 Å². The highest BCUT2D eigenvalue weighted by Crippen LogP contribution is 2.39. The molecule has 2 atom stereocenters. The zero-order valence-electron chi connectivity index (χ0n) is 17.9. The monoisotopic (exact) mass is 433 g/mol. The maximum absolute atomic E-state index is 13.0. The van der Waals surface area contributed by atoms with Crippen molar-refractivity contribution in [3.63, 3.8) is 0 Å². The number of aromatic nitrogens is 3. The summed E-state index contributed by atoms with van der Waals surface area (Å²) in [5, 5.41) is 11.7. The number of nitrogens with one attached hydrogen (secondary N) is 1. The lowest BCUT2D eigenvalue weighted by Crippen LogP contribution is -2.53. The molecule has 1 aromatic carbocycles. The quantitative estimate of drug-likeness (QED) is 0.753. The Morgan fingerprint density at radius 2 is 1.83 bits per heavy atom. The van der Waals surface area contributed by atoms with Gasteiger partial charge in [0.15, 0.2) is 5.69 Å². The summed E-state index contributed by atoms with van der Waals surface area (Å²) < 4.78 is 7.39. The van der Waals surface area contributed by atoms with Crippen molar-refractivity contribution < 1.29 is 9.53 Å². The van der Waals surface area contributed by atoms with Gasteiger partial charge >= 0.3 is 0 Å². The summed E-state index contributed by atoms with van der Waals surface area (Å²) in [7, 11) is 0. The van der Waals surface area contributed by atoms with Gasteiger partial charge < -0.3 is 15.8 Å². The maximum atomic E-state index is 13.0. The number of ether oxygens (including phenoxy) is 1. The van der Waals surface area contributed by atoms with Gasteiger partial charge in [-0.1, -0.05) is 11.6 Å². The third-order valence-electron chi connectivity index (χ3n) is 6.24. The van der Waals surface area contributed by atoms with E-state index in [0.29, 0.717) is 17.5 Å². The van der Waals surface area contributed by atoms with Crippen molar-refractivity contribution in [3.05, 3.63) is 35.7 Å². The SMILES string of the molecule is Cc1c(C(=O)NC2C3CCCC2CC(N)C3)nnn1-c1ccc(OC(C)C)cc1.Cl. The van der Waals surface area contributed by atoms with Crippen LogP contribution in [0.4, 0.5) is 0 Å². The molecule has 1 amide bonds. The molecule has 0 saturated heterocycles. The normalized spacial score (nSPS) is 25.5. The molecular formula is C22H32ClN5O2. The van der Waals surface area contributed by atoms with Gasteiger partial charge in [-0.05, 0) is 82.6 Å². The van der Waals surface area contributed by atoms with Crippen molar-refractivity contribution in [2.45, 2.75) is 71.1 Å². The van der Waals surface area contributed by atoms with E-state index in [1.807, 2.05) is 45.0 Å². The molecule has 2 saturated carbocycles. The minimum absolute atomic E-state index is 0. The molecule has 2 aliphatic carbocycles. The van der Waals surface area contributed by atoms with Crippen LogP contribution < -0.4 is 15.8 Å². The van der Waals surface area contributed by atoms with E-state index in [9.17, 15) is 4.79 Å². The molecule has 0 aliphatic heterocycles. The Morgan fingerprint density at radius 3 is 2.43 bits per heavy atom. The summed E-state index contributed by atoms with van der Waals surface area (Å²) in [5.74, 6) is 1.63. The number of hydrogen-bond acceptors (Lipinski definition) is 5. The van der Waals surface area contributed by atoms with E-state index in [1.165, 1.54) is 6.42 Å². The highest BCUT2D eigenvalue weighted by atomic mass is 35.5. The molecule has 8 heteroatoms. The Balaban J connectivity index is 0.00000256. The number of carbonyl (C=O) groups excluding carboxylic acids is 1. The highest BCUT2D eigenvalue weighted by molar-refractivity contribution is 5.93. The second kappa shape index (κ2) is 9.35. The standard InChI is InChI=1S/C22H31N5O2.ClH/c1-13(2)29-19-9-7-18(8-10-19)27-14(3)20(25-26-27)22(28)24-21-15-5-4-6-16(21)12-17(23)11-15;/h7-10,13,15-17,21H,4-6,11-12,23H2,1-3H3,(H,24,28);1H. The molecular weight excluding hydrogens is 402 g/mol. The first-order chi connectivity index (χ1) is 13.9. The Bertz CT molecular complexity index is 853. The number of halogens is 1. The Kier molecular flexibility index (Phi) is 7.03. The maximum Gasteiger partial charge on any atom is 0.274 e. The number of hydrogen-bond donors (Lipinski definition) is 2. The van der Waals surface area contributed by atoms with Crippen molar-refractivity contribution in [2.75, 3.05) is 0 Å². The molecule has 4 rings (SSSR count). The van der Waals surface area contributed by atoms with Gasteiger partial charge in [0.05, 0.1) is 17.5 Å². The molecule has 1 aromatic heterocycles. The number of rotatable bonds is 5. The van der Waals surface area contributed by atoms with E-state index in [0.717, 1.165) is 42.8 Å². The van der Waals surface area contributed by atoms with Crippen LogP contribution in [0.3, 0.4) is 0 Å². The first kappa shape index (κ1) is 22.6. The van der Waals surface area contributed by atoms with Crippen molar-refractivity contribution in [1.29, 1.82) is 0 Å². The predicted octanol–water partition coefficient (Wildman–Crippen LogP) is 3.42. The molecule has 2 bridgehead atoms. The van der Waals surface area contributed by atoms with Crippen LogP contribution in [0.15, 0.2) is 24.3 Å². The molecule has 0 radical (unpaired) electrons. The Labute approximate surface area is 184 Å². The zero-order chi connectivity index (χ0) is 20.5. The van der Waals surface area contributed by atoms with Gasteiger partial charge in [0.1, 0.15) is 5.75 Å². The number of amides is 1. The molecule has 2 aliphatic rings. The Morgan fingerprint density at radius 1 is 1.20 bits per heavy atom. The minimum atomic E-state index is -0.133. The van der Waals surface area contributed by atoms with E-state index in [1.54, 1.807) is 4.68 Å². The first-order valence-corrected chi connectivity index (χ1v) is 10.7. The van der Waals surface area contributed by atoms with Crippen LogP contribution in [0.2, 0.25) is 0 Å². The molecule has 3 N–H and O–H groups in total. The summed E-state index contributed by atoms with van der Waals surface area (Å²) in [6.45, 7) is 5.87. The average Bonchev–Trinajstić information content (AvgIpc) is 3.04. The number of nitrogens with zero attached hydrogens (tertiary/aromatic N) is 3. The van der Waals surface area contributed by atoms with Crippen LogP contribution in [-0.2, 0) is 0 Å². The molecule has 1 heterocycles. The van der Waals surface area contributed by atoms with Crippen molar-refractivity contribution >= 4 is 18.3 Å². The molecule has 2 fully saturated rings. The van der Waals surface area contributed by atoms with Gasteiger partial charge in [0, 0.05) is 12.1 Å². The largest absolute Gasteiger partial charge is 0.491 e. The second-order valence-electron chi connectivity index (χ2n) is 8.78. The van der Waals surface area contributed by atoms with E-state index in [2.05, 4.69) is 15.6 Å². The summed E-state index contributed by atoms with van der Waals surface area (Å²) in [6, 6.07) is 8.13. The number of benzene rings is 1. The van der Waals surface area contributed by atoms with E-state index in [4.69, 9.17) is 10.5 Å². The van der Waals surface area contributed by atoms with Crippen LogP contribution in [0.25, 0.3) is 5.69 Å². The summed E-state index contributed by atoms with van der Waals surface area (Å²) in [4.78, 5) is 13.0. The van der Waals surface area contributed by atoms with Gasteiger partial charge in [-0.2, -0.15) is 0 Å².